The Balaban J connectivity index is 3.62. The monoisotopic (exact) mass is 372 g/mol. The van der Waals surface area contributed by atoms with Crippen LogP contribution in [-0.2, 0) is 8.85 Å². The number of allylic oxidation sites excluding steroid dienone is 2. The van der Waals surface area contributed by atoms with Gasteiger partial charge in [-0.15, -0.1) is 0 Å². The zero-order valence-corrected chi connectivity index (χ0v) is 20.8. The second-order valence-corrected chi connectivity index (χ2v) is 28.0. The molecule has 1 rings (SSSR count). The Hall–Kier alpha value is -0.0525. The zero-order valence-electron chi connectivity index (χ0n) is 16.8. The molecule has 0 unspecified atom stereocenters. The minimum atomic E-state index is -1.94. The predicted molar refractivity (Wildman–Crippen MR) is 109 cm³/mol. The van der Waals surface area contributed by atoms with Crippen LogP contribution >= 0.6 is 0 Å². The molecule has 22 heavy (non-hydrogen) atoms. The van der Waals surface area contributed by atoms with Crippen molar-refractivity contribution in [3.05, 3.63) is 21.2 Å². The van der Waals surface area contributed by atoms with E-state index in [9.17, 15) is 0 Å². The molecule has 0 bridgehead atoms. The van der Waals surface area contributed by atoms with Crippen LogP contribution in [0.1, 0.15) is 13.8 Å². The molecule has 0 radical (unpaired) electrons. The van der Waals surface area contributed by atoms with Crippen molar-refractivity contribution in [3.63, 3.8) is 0 Å². The number of hydrogen-bond donors (Lipinski definition) is 0. The summed E-state index contributed by atoms with van der Waals surface area (Å²) in [7, 11) is -6.82. The Bertz CT molecular complexity index is 469. The molecule has 6 heteroatoms. The molecule has 0 fully saturated rings. The third-order valence-corrected chi connectivity index (χ3v) is 20.8. The highest BCUT2D eigenvalue weighted by atomic mass is 28.4. The Kier molecular flexibility index (Phi) is 5.26. The van der Waals surface area contributed by atoms with Crippen LogP contribution in [0.4, 0.5) is 0 Å². The molecule has 1 aliphatic heterocycles. The fourth-order valence-corrected chi connectivity index (χ4v) is 25.8. The van der Waals surface area contributed by atoms with Gasteiger partial charge in [-0.3, -0.25) is 0 Å². The minimum Gasteiger partial charge on any atom is -0.544 e. The molecule has 0 aromatic carbocycles. The molecule has 128 valence electrons. The summed E-state index contributed by atoms with van der Waals surface area (Å²) in [4.78, 5) is 3.10. The Morgan fingerprint density at radius 1 is 0.591 bits per heavy atom. The quantitative estimate of drug-likeness (QED) is 0.568. The van der Waals surface area contributed by atoms with Crippen LogP contribution < -0.4 is 0 Å². The molecule has 1 aliphatic rings. The van der Waals surface area contributed by atoms with Gasteiger partial charge in [-0.2, -0.15) is 0 Å². The normalized spacial score (nSPS) is 29.3. The maximum Gasteiger partial charge on any atom is 0.271 e. The van der Waals surface area contributed by atoms with E-state index in [4.69, 9.17) is 8.85 Å². The van der Waals surface area contributed by atoms with Crippen LogP contribution in [0.3, 0.4) is 0 Å². The van der Waals surface area contributed by atoms with E-state index >= 15 is 0 Å². The first kappa shape index (κ1) is 20.0. The van der Waals surface area contributed by atoms with Crippen LogP contribution in [0.15, 0.2) is 21.2 Å². The largest absolute Gasteiger partial charge is 0.544 e. The molecule has 2 nitrogen and oxygen atoms in total. The molecule has 0 N–H and O–H groups in total. The van der Waals surface area contributed by atoms with Crippen molar-refractivity contribution in [2.24, 2.45) is 0 Å². The summed E-state index contributed by atoms with van der Waals surface area (Å²) in [5, 5.41) is 0. The van der Waals surface area contributed by atoms with Gasteiger partial charge in [0.05, 0.1) is 27.7 Å². The van der Waals surface area contributed by atoms with Crippen molar-refractivity contribution in [1.29, 1.82) is 0 Å². The van der Waals surface area contributed by atoms with Gasteiger partial charge in [-0.05, 0) is 49.7 Å². The van der Waals surface area contributed by atoms with E-state index in [0.29, 0.717) is 0 Å². The van der Waals surface area contributed by atoms with E-state index in [-0.39, 0.29) is 0 Å². The lowest BCUT2D eigenvalue weighted by atomic mass is 10.7. The Morgan fingerprint density at radius 3 is 1.00 bits per heavy atom. The third kappa shape index (κ3) is 4.07. The van der Waals surface area contributed by atoms with Crippen molar-refractivity contribution in [2.75, 3.05) is 0 Å². The molecule has 1 heterocycles. The van der Waals surface area contributed by atoms with Gasteiger partial charge in [0.1, 0.15) is 0 Å². The van der Waals surface area contributed by atoms with E-state index in [1.54, 1.807) is 9.64 Å². The summed E-state index contributed by atoms with van der Waals surface area (Å²) in [5.74, 6) is 2.38. The maximum absolute atomic E-state index is 6.75. The van der Waals surface area contributed by atoms with Crippen LogP contribution in [0, 0.1) is 0 Å². The molecule has 0 spiro atoms. The van der Waals surface area contributed by atoms with Crippen molar-refractivity contribution in [2.45, 2.75) is 79.3 Å². The number of rotatable bonds is 2. The molecule has 0 aliphatic carbocycles. The molecule has 0 aromatic heterocycles. The van der Waals surface area contributed by atoms with E-state index in [1.807, 2.05) is 0 Å². The second-order valence-electron chi connectivity index (χ2n) is 9.59. The van der Waals surface area contributed by atoms with Gasteiger partial charge < -0.3 is 8.85 Å². The van der Waals surface area contributed by atoms with Gasteiger partial charge in [-0.1, -0.05) is 39.3 Å². The van der Waals surface area contributed by atoms with Crippen molar-refractivity contribution in [3.8, 4) is 0 Å². The Labute approximate surface area is 142 Å². The van der Waals surface area contributed by atoms with Gasteiger partial charge in [0.2, 0.25) is 0 Å². The molecular formula is C16H36O2Si4. The summed E-state index contributed by atoms with van der Waals surface area (Å²) < 4.78 is 13.5. The van der Waals surface area contributed by atoms with Gasteiger partial charge in [0.15, 0.2) is 0 Å². The third-order valence-electron chi connectivity index (χ3n) is 4.22. The Morgan fingerprint density at radius 2 is 0.818 bits per heavy atom. The zero-order chi connectivity index (χ0) is 17.7. The minimum absolute atomic E-state index is 1.19. The van der Waals surface area contributed by atoms with Gasteiger partial charge in [0, 0.05) is 0 Å². The van der Waals surface area contributed by atoms with E-state index < -0.39 is 32.8 Å². The summed E-state index contributed by atoms with van der Waals surface area (Å²) in [5.41, 5.74) is 0. The highest BCUT2D eigenvalue weighted by Crippen LogP contribution is 2.39. The summed E-state index contributed by atoms with van der Waals surface area (Å²) in [6.07, 6.45) is 0. The van der Waals surface area contributed by atoms with Gasteiger partial charge in [-0.25, -0.2) is 0 Å². The number of hydrogen-bond acceptors (Lipinski definition) is 2. The fraction of sp³-hybridized carbons (Fsp3) is 0.750. The smallest absolute Gasteiger partial charge is 0.271 e. The average Bonchev–Trinajstić information content (AvgIpc) is 2.04. The summed E-state index contributed by atoms with van der Waals surface area (Å²) in [6.45, 7) is 28.3. The average molecular weight is 373 g/mol. The highest BCUT2D eigenvalue weighted by Gasteiger charge is 2.47. The molecule has 0 atom stereocenters. The van der Waals surface area contributed by atoms with Crippen molar-refractivity contribution >= 4 is 32.8 Å². The SMILES string of the molecule is C/C1=C(\[Si](C)(C)C)[Si](C)(C)O/C(C)=C(/[Si](C)(C)C)[Si](C)(C)O1. The van der Waals surface area contributed by atoms with Gasteiger partial charge in [0.25, 0.3) is 16.6 Å². The lowest BCUT2D eigenvalue weighted by Crippen LogP contribution is -2.52. The summed E-state index contributed by atoms with van der Waals surface area (Å²) in [6, 6.07) is 0. The van der Waals surface area contributed by atoms with E-state index in [0.717, 1.165) is 0 Å². The maximum atomic E-state index is 6.75. The van der Waals surface area contributed by atoms with Gasteiger partial charge >= 0.3 is 0 Å². The highest BCUT2D eigenvalue weighted by molar-refractivity contribution is 7.05. The lowest BCUT2D eigenvalue weighted by molar-refractivity contribution is 0.390. The molecular weight excluding hydrogens is 337 g/mol. The molecule has 0 aromatic rings. The second kappa shape index (κ2) is 5.79. The first-order valence-electron chi connectivity index (χ1n) is 8.32. The predicted octanol–water partition coefficient (Wildman–Crippen LogP) is 5.82. The molecule has 0 amide bonds. The molecule has 0 saturated carbocycles. The first-order chi connectivity index (χ1) is 9.50. The van der Waals surface area contributed by atoms with Crippen LogP contribution in [0.2, 0.25) is 65.5 Å². The topological polar surface area (TPSA) is 18.5 Å². The molecule has 0 saturated heterocycles. The van der Waals surface area contributed by atoms with Crippen LogP contribution in [0.5, 0.6) is 0 Å². The lowest BCUT2D eigenvalue weighted by Gasteiger charge is -2.44. The standard InChI is InChI=1S/C16H36O2Si4/c1-13-15(19(3,4)5)21(9,10)18-14(2)16(20(6,7)8)22(11,12)17-13/h1-12H3/b15-13-,16-14-. The fourth-order valence-electron chi connectivity index (χ4n) is 4.68. The van der Waals surface area contributed by atoms with E-state index in [1.165, 1.54) is 11.5 Å². The van der Waals surface area contributed by atoms with Crippen LogP contribution in [-0.4, -0.2) is 32.8 Å². The summed E-state index contributed by atoms with van der Waals surface area (Å²) >= 11 is 0. The van der Waals surface area contributed by atoms with Crippen molar-refractivity contribution < 1.29 is 8.85 Å². The van der Waals surface area contributed by atoms with Crippen molar-refractivity contribution in [1.82, 2.24) is 0 Å². The van der Waals surface area contributed by atoms with E-state index in [2.05, 4.69) is 79.3 Å². The van der Waals surface area contributed by atoms with Crippen LogP contribution in [0.25, 0.3) is 0 Å². The first-order valence-corrected chi connectivity index (χ1v) is 21.1.